The number of benzene rings is 1. The van der Waals surface area contributed by atoms with E-state index in [-0.39, 0.29) is 27.0 Å². The highest BCUT2D eigenvalue weighted by molar-refractivity contribution is 7.92. The Labute approximate surface area is 153 Å². The number of methoxy groups -OCH3 is 1. The van der Waals surface area contributed by atoms with E-state index in [4.69, 9.17) is 20.8 Å². The van der Waals surface area contributed by atoms with Crippen LogP contribution in [0.4, 0.5) is 0 Å². The quantitative estimate of drug-likeness (QED) is 0.777. The topological polar surface area (TPSA) is 69.4 Å². The Morgan fingerprint density at radius 2 is 1.92 bits per heavy atom. The number of fused-ring (bicyclic) bond motifs is 1. The molecule has 2 aromatic rings. The fourth-order valence-corrected chi connectivity index (χ4v) is 6.01. The molecule has 25 heavy (non-hydrogen) atoms. The van der Waals surface area contributed by atoms with E-state index in [1.807, 2.05) is 20.8 Å². The second kappa shape index (κ2) is 6.56. The highest BCUT2D eigenvalue weighted by Crippen LogP contribution is 2.39. The number of sulfone groups is 1. The van der Waals surface area contributed by atoms with Crippen molar-refractivity contribution in [2.45, 2.75) is 68.1 Å². The van der Waals surface area contributed by atoms with E-state index in [0.717, 1.165) is 19.3 Å². The van der Waals surface area contributed by atoms with Crippen LogP contribution in [0.3, 0.4) is 0 Å². The molecule has 1 unspecified atom stereocenters. The summed E-state index contributed by atoms with van der Waals surface area (Å²) >= 11 is 6.31. The van der Waals surface area contributed by atoms with Gasteiger partial charge in [-0.3, -0.25) is 0 Å². The van der Waals surface area contributed by atoms with Gasteiger partial charge in [-0.25, -0.2) is 13.4 Å². The van der Waals surface area contributed by atoms with Gasteiger partial charge in [0.05, 0.1) is 16.4 Å². The molecule has 0 amide bonds. The molecule has 0 bridgehead atoms. The zero-order valence-electron chi connectivity index (χ0n) is 15.0. The standard InChI is InChI=1S/C18H24ClNO4S/c1-18(2,3)17-20-12-10-9-11(19)16(15(12)24-17)25(21,22)14-8-6-5-7-13(14)23-4/h9-10,13-14H,5-8H2,1-4H3/t13-,14?/m0/s1. The molecule has 138 valence electrons. The summed E-state index contributed by atoms with van der Waals surface area (Å²) in [6, 6.07) is 3.28. The van der Waals surface area contributed by atoms with Crippen LogP contribution in [0, 0.1) is 0 Å². The number of halogens is 1. The van der Waals surface area contributed by atoms with Gasteiger partial charge in [0.15, 0.2) is 15.4 Å². The third-order valence-corrected chi connectivity index (χ3v) is 7.47. The van der Waals surface area contributed by atoms with Crippen LogP contribution in [0.2, 0.25) is 5.02 Å². The second-order valence-corrected chi connectivity index (χ2v) is 10.1. The fourth-order valence-electron chi connectivity index (χ4n) is 3.37. The lowest BCUT2D eigenvalue weighted by molar-refractivity contribution is 0.0738. The SMILES string of the molecule is CO[C@H]1CCCCC1S(=O)(=O)c1c(Cl)ccc2nc(C(C)(C)C)oc12. The summed E-state index contributed by atoms with van der Waals surface area (Å²) in [6.45, 7) is 5.90. The Morgan fingerprint density at radius 1 is 1.24 bits per heavy atom. The summed E-state index contributed by atoms with van der Waals surface area (Å²) in [6.07, 6.45) is 2.81. The maximum absolute atomic E-state index is 13.4. The second-order valence-electron chi connectivity index (χ2n) is 7.64. The van der Waals surface area contributed by atoms with E-state index in [9.17, 15) is 8.42 Å². The predicted octanol–water partition coefficient (Wildman–Crippen LogP) is 4.51. The zero-order valence-corrected chi connectivity index (χ0v) is 16.6. The zero-order chi connectivity index (χ0) is 18.4. The summed E-state index contributed by atoms with van der Waals surface area (Å²) in [5.41, 5.74) is 0.433. The number of hydrogen-bond acceptors (Lipinski definition) is 5. The first-order chi connectivity index (χ1) is 11.7. The van der Waals surface area contributed by atoms with Gasteiger partial charge >= 0.3 is 0 Å². The van der Waals surface area contributed by atoms with Crippen LogP contribution in [0.5, 0.6) is 0 Å². The molecule has 2 atom stereocenters. The third-order valence-electron chi connectivity index (χ3n) is 4.73. The first-order valence-electron chi connectivity index (χ1n) is 8.52. The molecule has 1 aliphatic rings. The molecular weight excluding hydrogens is 362 g/mol. The minimum absolute atomic E-state index is 0.0450. The van der Waals surface area contributed by atoms with Gasteiger partial charge in [-0.15, -0.1) is 0 Å². The van der Waals surface area contributed by atoms with Gasteiger partial charge < -0.3 is 9.15 Å². The van der Waals surface area contributed by atoms with Gasteiger partial charge in [0.2, 0.25) is 5.89 Å². The maximum atomic E-state index is 13.4. The molecule has 7 heteroatoms. The first kappa shape index (κ1) is 18.7. The van der Waals surface area contributed by atoms with Gasteiger partial charge in [-0.2, -0.15) is 0 Å². The van der Waals surface area contributed by atoms with Crippen molar-refractivity contribution >= 4 is 32.5 Å². The van der Waals surface area contributed by atoms with Crippen LogP contribution < -0.4 is 0 Å². The van der Waals surface area contributed by atoms with E-state index in [1.54, 1.807) is 19.2 Å². The van der Waals surface area contributed by atoms with Crippen molar-refractivity contribution in [3.63, 3.8) is 0 Å². The largest absolute Gasteiger partial charge is 0.439 e. The predicted molar refractivity (Wildman–Crippen MR) is 98.0 cm³/mol. The van der Waals surface area contributed by atoms with E-state index >= 15 is 0 Å². The Hall–Kier alpha value is -1.11. The van der Waals surface area contributed by atoms with Gasteiger partial charge in [0, 0.05) is 12.5 Å². The van der Waals surface area contributed by atoms with E-state index in [2.05, 4.69) is 4.98 Å². The number of hydrogen-bond donors (Lipinski definition) is 0. The molecule has 0 N–H and O–H groups in total. The Kier molecular flexibility index (Phi) is 4.90. The highest BCUT2D eigenvalue weighted by atomic mass is 35.5. The molecular formula is C18H24ClNO4S. The number of rotatable bonds is 3. The van der Waals surface area contributed by atoms with Crippen LogP contribution in [0.1, 0.15) is 52.3 Å². The van der Waals surface area contributed by atoms with Crippen LogP contribution in [0.25, 0.3) is 11.1 Å². The Morgan fingerprint density at radius 3 is 2.56 bits per heavy atom. The van der Waals surface area contributed by atoms with Crippen molar-refractivity contribution < 1.29 is 17.6 Å². The van der Waals surface area contributed by atoms with Gasteiger partial charge in [0.1, 0.15) is 10.4 Å². The van der Waals surface area contributed by atoms with Crippen molar-refractivity contribution in [3.05, 3.63) is 23.0 Å². The molecule has 1 aromatic heterocycles. The van der Waals surface area contributed by atoms with Crippen LogP contribution in [-0.4, -0.2) is 31.9 Å². The van der Waals surface area contributed by atoms with Crippen LogP contribution in [-0.2, 0) is 20.0 Å². The Bertz CT molecular complexity index is 882. The van der Waals surface area contributed by atoms with Crippen molar-refractivity contribution in [1.29, 1.82) is 0 Å². The molecule has 1 aromatic carbocycles. The number of oxazole rings is 1. The van der Waals surface area contributed by atoms with E-state index in [1.165, 1.54) is 0 Å². The summed E-state index contributed by atoms with van der Waals surface area (Å²) in [7, 11) is -2.14. The molecule has 1 saturated carbocycles. The lowest BCUT2D eigenvalue weighted by Crippen LogP contribution is -2.38. The molecule has 0 aliphatic heterocycles. The molecule has 5 nitrogen and oxygen atoms in total. The molecule has 0 spiro atoms. The van der Waals surface area contributed by atoms with Crippen LogP contribution in [0.15, 0.2) is 21.4 Å². The van der Waals surface area contributed by atoms with E-state index in [0.29, 0.717) is 17.8 Å². The minimum Gasteiger partial charge on any atom is -0.439 e. The molecule has 0 saturated heterocycles. The summed E-state index contributed by atoms with van der Waals surface area (Å²) in [4.78, 5) is 4.51. The minimum atomic E-state index is -3.70. The van der Waals surface area contributed by atoms with Gasteiger partial charge in [-0.05, 0) is 25.0 Å². The maximum Gasteiger partial charge on any atom is 0.200 e. The number of nitrogens with zero attached hydrogens (tertiary/aromatic N) is 1. The summed E-state index contributed by atoms with van der Waals surface area (Å²) in [5.74, 6) is 0.494. The third kappa shape index (κ3) is 3.32. The lowest BCUT2D eigenvalue weighted by atomic mass is 9.97. The number of aromatic nitrogens is 1. The first-order valence-corrected chi connectivity index (χ1v) is 10.4. The highest BCUT2D eigenvalue weighted by Gasteiger charge is 2.40. The lowest BCUT2D eigenvalue weighted by Gasteiger charge is -2.30. The van der Waals surface area contributed by atoms with Gasteiger partial charge in [-0.1, -0.05) is 45.2 Å². The average Bonchev–Trinajstić information content (AvgIpc) is 2.98. The van der Waals surface area contributed by atoms with Crippen molar-refractivity contribution in [1.82, 2.24) is 4.98 Å². The van der Waals surface area contributed by atoms with Crippen molar-refractivity contribution in [3.8, 4) is 0 Å². The Balaban J connectivity index is 2.19. The van der Waals surface area contributed by atoms with Crippen LogP contribution >= 0.6 is 11.6 Å². The van der Waals surface area contributed by atoms with Crippen molar-refractivity contribution in [2.24, 2.45) is 0 Å². The average molecular weight is 386 g/mol. The molecule has 0 radical (unpaired) electrons. The smallest absolute Gasteiger partial charge is 0.200 e. The summed E-state index contributed by atoms with van der Waals surface area (Å²) < 4.78 is 38.1. The summed E-state index contributed by atoms with van der Waals surface area (Å²) in [5, 5.41) is -0.443. The van der Waals surface area contributed by atoms with Gasteiger partial charge in [0.25, 0.3) is 0 Å². The molecule has 1 fully saturated rings. The monoisotopic (exact) mass is 385 g/mol. The normalized spacial score (nSPS) is 22.4. The van der Waals surface area contributed by atoms with E-state index < -0.39 is 15.1 Å². The van der Waals surface area contributed by atoms with Crippen molar-refractivity contribution in [2.75, 3.05) is 7.11 Å². The molecule has 3 rings (SSSR count). The number of ether oxygens (including phenoxy) is 1. The molecule has 1 aliphatic carbocycles. The molecule has 1 heterocycles. The fraction of sp³-hybridized carbons (Fsp3) is 0.611.